The van der Waals surface area contributed by atoms with Gasteiger partial charge in [0.15, 0.2) is 12.4 Å². The highest BCUT2D eigenvalue weighted by Crippen LogP contribution is 2.35. The molecule has 0 spiro atoms. The summed E-state index contributed by atoms with van der Waals surface area (Å²) in [6.07, 6.45) is 0. The molecule has 0 aliphatic heterocycles. The fourth-order valence-electron chi connectivity index (χ4n) is 2.34. The van der Waals surface area contributed by atoms with Crippen molar-refractivity contribution in [3.8, 4) is 23.1 Å². The van der Waals surface area contributed by atoms with Gasteiger partial charge in [-0.1, -0.05) is 29.8 Å². The van der Waals surface area contributed by atoms with Gasteiger partial charge in [0.25, 0.3) is 0 Å². The maximum absolute atomic E-state index is 12.7. The standard InChI is InChI=1S/C18H12ClNO3/c1-11-6-7-13-15(10-11)23-17(12-4-2-3-5-14(12)19)18(16(13)21)22-9-8-20/h2-7,10H,9H2,1H3. The van der Waals surface area contributed by atoms with Crippen molar-refractivity contribution >= 4 is 22.6 Å². The van der Waals surface area contributed by atoms with Crippen LogP contribution in [0.25, 0.3) is 22.3 Å². The van der Waals surface area contributed by atoms with Gasteiger partial charge in [-0.05, 0) is 36.8 Å². The highest BCUT2D eigenvalue weighted by molar-refractivity contribution is 6.33. The van der Waals surface area contributed by atoms with Gasteiger partial charge >= 0.3 is 0 Å². The first-order valence-corrected chi connectivity index (χ1v) is 7.31. The molecular formula is C18H12ClNO3. The molecule has 3 rings (SSSR count). The van der Waals surface area contributed by atoms with Gasteiger partial charge in [0, 0.05) is 5.56 Å². The Bertz CT molecular complexity index is 986. The van der Waals surface area contributed by atoms with E-state index in [0.29, 0.717) is 21.6 Å². The molecule has 0 bridgehead atoms. The number of benzene rings is 2. The molecule has 1 heterocycles. The number of hydrogen-bond acceptors (Lipinski definition) is 4. The highest BCUT2D eigenvalue weighted by atomic mass is 35.5. The van der Waals surface area contributed by atoms with Crippen molar-refractivity contribution in [3.05, 3.63) is 63.3 Å². The van der Waals surface area contributed by atoms with Crippen molar-refractivity contribution in [3.63, 3.8) is 0 Å². The summed E-state index contributed by atoms with van der Waals surface area (Å²) in [6, 6.07) is 14.2. The lowest BCUT2D eigenvalue weighted by molar-refractivity contribution is 0.356. The Labute approximate surface area is 137 Å². The number of halogens is 1. The average Bonchev–Trinajstić information content (AvgIpc) is 2.54. The number of ether oxygens (including phenoxy) is 1. The molecule has 3 aromatic rings. The van der Waals surface area contributed by atoms with Gasteiger partial charge in [-0.25, -0.2) is 0 Å². The molecule has 0 unspecified atom stereocenters. The molecule has 0 saturated heterocycles. The van der Waals surface area contributed by atoms with Gasteiger partial charge in [0.2, 0.25) is 11.2 Å². The lowest BCUT2D eigenvalue weighted by atomic mass is 10.1. The van der Waals surface area contributed by atoms with E-state index < -0.39 is 0 Å². The third-order valence-corrected chi connectivity index (χ3v) is 3.74. The summed E-state index contributed by atoms with van der Waals surface area (Å²) in [5, 5.41) is 9.59. The van der Waals surface area contributed by atoms with Gasteiger partial charge in [-0.15, -0.1) is 0 Å². The minimum absolute atomic E-state index is 0.00370. The fraction of sp³-hybridized carbons (Fsp3) is 0.111. The topological polar surface area (TPSA) is 63.2 Å². The first-order chi connectivity index (χ1) is 11.1. The van der Waals surface area contributed by atoms with Crippen LogP contribution in [-0.2, 0) is 0 Å². The Morgan fingerprint density at radius 2 is 2.04 bits per heavy atom. The third-order valence-electron chi connectivity index (χ3n) is 3.41. The Morgan fingerprint density at radius 3 is 2.78 bits per heavy atom. The van der Waals surface area contributed by atoms with Crippen molar-refractivity contribution in [2.45, 2.75) is 6.92 Å². The van der Waals surface area contributed by atoms with E-state index in [2.05, 4.69) is 0 Å². The number of fused-ring (bicyclic) bond motifs is 1. The molecule has 5 heteroatoms. The van der Waals surface area contributed by atoms with Crippen molar-refractivity contribution in [1.29, 1.82) is 5.26 Å². The predicted molar refractivity (Wildman–Crippen MR) is 88.8 cm³/mol. The van der Waals surface area contributed by atoms with Crippen LogP contribution in [-0.4, -0.2) is 6.61 Å². The van der Waals surface area contributed by atoms with E-state index in [4.69, 9.17) is 26.0 Å². The minimum atomic E-state index is -0.323. The largest absolute Gasteiger partial charge is 0.471 e. The Kier molecular flexibility index (Phi) is 4.05. The molecule has 0 radical (unpaired) electrons. The molecule has 4 nitrogen and oxygen atoms in total. The normalized spacial score (nSPS) is 10.5. The van der Waals surface area contributed by atoms with Crippen LogP contribution in [0, 0.1) is 18.3 Å². The summed E-state index contributed by atoms with van der Waals surface area (Å²) >= 11 is 6.22. The first kappa shape index (κ1) is 15.1. The molecule has 2 aromatic carbocycles. The van der Waals surface area contributed by atoms with Crippen LogP contribution < -0.4 is 10.2 Å². The first-order valence-electron chi connectivity index (χ1n) is 6.94. The van der Waals surface area contributed by atoms with Crippen LogP contribution >= 0.6 is 11.6 Å². The van der Waals surface area contributed by atoms with Crippen LogP contribution in [0.2, 0.25) is 5.02 Å². The Morgan fingerprint density at radius 1 is 1.26 bits per heavy atom. The molecule has 0 saturated carbocycles. The van der Waals surface area contributed by atoms with E-state index >= 15 is 0 Å². The Balaban J connectivity index is 2.36. The van der Waals surface area contributed by atoms with E-state index in [9.17, 15) is 4.79 Å². The number of nitriles is 1. The zero-order valence-corrected chi connectivity index (χ0v) is 13.1. The average molecular weight is 326 g/mol. The van der Waals surface area contributed by atoms with Crippen molar-refractivity contribution < 1.29 is 9.15 Å². The molecule has 0 atom stereocenters. The lowest BCUT2D eigenvalue weighted by Gasteiger charge is -2.11. The maximum Gasteiger partial charge on any atom is 0.235 e. The van der Waals surface area contributed by atoms with E-state index in [0.717, 1.165) is 5.56 Å². The molecule has 0 aliphatic rings. The van der Waals surface area contributed by atoms with E-state index in [1.165, 1.54) is 0 Å². The van der Waals surface area contributed by atoms with Gasteiger partial charge in [-0.3, -0.25) is 4.79 Å². The molecule has 23 heavy (non-hydrogen) atoms. The summed E-state index contributed by atoms with van der Waals surface area (Å²) in [5.41, 5.74) is 1.64. The van der Waals surface area contributed by atoms with Gasteiger partial charge in [0.05, 0.1) is 10.4 Å². The predicted octanol–water partition coefficient (Wildman–Crippen LogP) is 4.32. The zero-order chi connectivity index (χ0) is 16.4. The molecule has 0 N–H and O–H groups in total. The highest BCUT2D eigenvalue weighted by Gasteiger charge is 2.19. The molecule has 0 aliphatic carbocycles. The fourth-order valence-corrected chi connectivity index (χ4v) is 2.56. The van der Waals surface area contributed by atoms with E-state index in [-0.39, 0.29) is 23.5 Å². The molecule has 1 aromatic heterocycles. The van der Waals surface area contributed by atoms with Crippen molar-refractivity contribution in [2.24, 2.45) is 0 Å². The zero-order valence-electron chi connectivity index (χ0n) is 12.3. The summed E-state index contributed by atoms with van der Waals surface area (Å²) in [5.74, 6) is 0.227. The number of nitrogens with zero attached hydrogens (tertiary/aromatic N) is 1. The van der Waals surface area contributed by atoms with Gasteiger partial charge in [0.1, 0.15) is 11.7 Å². The lowest BCUT2D eigenvalue weighted by Crippen LogP contribution is -2.10. The van der Waals surface area contributed by atoms with Crippen molar-refractivity contribution in [2.75, 3.05) is 6.61 Å². The smallest absolute Gasteiger partial charge is 0.235 e. The van der Waals surface area contributed by atoms with Crippen LogP contribution in [0.4, 0.5) is 0 Å². The van der Waals surface area contributed by atoms with E-state index in [1.54, 1.807) is 36.4 Å². The molecule has 0 fully saturated rings. The van der Waals surface area contributed by atoms with Crippen molar-refractivity contribution in [1.82, 2.24) is 0 Å². The van der Waals surface area contributed by atoms with E-state index in [1.807, 2.05) is 19.1 Å². The Hall–Kier alpha value is -2.77. The monoisotopic (exact) mass is 325 g/mol. The summed E-state index contributed by atoms with van der Waals surface area (Å²) in [6.45, 7) is 1.66. The molecule has 114 valence electrons. The maximum atomic E-state index is 12.7. The number of hydrogen-bond donors (Lipinski definition) is 0. The molecule has 0 amide bonds. The van der Waals surface area contributed by atoms with Crippen LogP contribution in [0.3, 0.4) is 0 Å². The number of rotatable bonds is 3. The minimum Gasteiger partial charge on any atom is -0.471 e. The van der Waals surface area contributed by atoms with Gasteiger partial charge < -0.3 is 9.15 Å². The second kappa shape index (κ2) is 6.15. The molecular weight excluding hydrogens is 314 g/mol. The second-order valence-corrected chi connectivity index (χ2v) is 5.42. The van der Waals surface area contributed by atoms with Crippen LogP contribution in [0.1, 0.15) is 5.56 Å². The SMILES string of the molecule is Cc1ccc2c(=O)c(OCC#N)c(-c3ccccc3Cl)oc2c1. The number of aryl methyl sites for hydroxylation is 1. The summed E-state index contributed by atoms with van der Waals surface area (Å²) < 4.78 is 11.2. The van der Waals surface area contributed by atoms with Crippen LogP contribution in [0.15, 0.2) is 51.7 Å². The summed E-state index contributed by atoms with van der Waals surface area (Å²) in [4.78, 5) is 12.7. The summed E-state index contributed by atoms with van der Waals surface area (Å²) in [7, 11) is 0. The third kappa shape index (κ3) is 2.79. The van der Waals surface area contributed by atoms with Crippen LogP contribution in [0.5, 0.6) is 5.75 Å². The second-order valence-electron chi connectivity index (χ2n) is 5.02. The quantitative estimate of drug-likeness (QED) is 0.719. The van der Waals surface area contributed by atoms with Gasteiger partial charge in [-0.2, -0.15) is 5.26 Å².